The lowest BCUT2D eigenvalue weighted by Crippen LogP contribution is -2.13. The van der Waals surface area contributed by atoms with Crippen molar-refractivity contribution in [3.05, 3.63) is 29.1 Å². The van der Waals surface area contributed by atoms with E-state index >= 15 is 0 Å². The Labute approximate surface area is 119 Å². The van der Waals surface area contributed by atoms with Crippen molar-refractivity contribution in [2.24, 2.45) is 0 Å². The highest BCUT2D eigenvalue weighted by Gasteiger charge is 2.20. The lowest BCUT2D eigenvalue weighted by molar-refractivity contribution is 0.0519. The minimum atomic E-state index is -0.451. The molecule has 1 fully saturated rings. The number of aromatic nitrogens is 1. The molecule has 0 unspecified atom stereocenters. The summed E-state index contributed by atoms with van der Waals surface area (Å²) in [4.78, 5) is 27.6. The zero-order valence-corrected chi connectivity index (χ0v) is 12.1. The molecule has 0 amide bonds. The minimum absolute atomic E-state index is 0.117. The first-order valence-electron chi connectivity index (χ1n) is 7.32. The summed E-state index contributed by atoms with van der Waals surface area (Å²) in [5.74, 6) is -0.140. The van der Waals surface area contributed by atoms with Gasteiger partial charge < -0.3 is 4.74 Å². The molecule has 1 aromatic heterocycles. The van der Waals surface area contributed by atoms with Gasteiger partial charge in [-0.05, 0) is 43.4 Å². The number of carbonyl (C=O) groups is 2. The second kappa shape index (κ2) is 6.64. The van der Waals surface area contributed by atoms with E-state index in [0.717, 1.165) is 18.4 Å². The second-order valence-corrected chi connectivity index (χ2v) is 5.28. The van der Waals surface area contributed by atoms with Gasteiger partial charge in [0, 0.05) is 6.92 Å². The molecule has 0 saturated heterocycles. The summed E-state index contributed by atoms with van der Waals surface area (Å²) in [6, 6.07) is 3.63. The molecule has 0 bridgehead atoms. The van der Waals surface area contributed by atoms with Crippen LogP contribution in [0.2, 0.25) is 0 Å². The Morgan fingerprint density at radius 3 is 2.45 bits per heavy atom. The van der Waals surface area contributed by atoms with Gasteiger partial charge in [0.25, 0.3) is 0 Å². The molecule has 4 nitrogen and oxygen atoms in total. The lowest BCUT2D eigenvalue weighted by Gasteiger charge is -2.22. The van der Waals surface area contributed by atoms with E-state index in [0.29, 0.717) is 18.2 Å². The molecule has 2 rings (SSSR count). The van der Waals surface area contributed by atoms with Gasteiger partial charge in [-0.3, -0.25) is 4.79 Å². The summed E-state index contributed by atoms with van der Waals surface area (Å²) < 4.78 is 4.99. The molecular weight excluding hydrogens is 254 g/mol. The zero-order chi connectivity index (χ0) is 14.5. The van der Waals surface area contributed by atoms with Gasteiger partial charge in [-0.25, -0.2) is 9.78 Å². The van der Waals surface area contributed by atoms with Crippen molar-refractivity contribution in [2.75, 3.05) is 6.61 Å². The Morgan fingerprint density at radius 1 is 1.20 bits per heavy atom. The van der Waals surface area contributed by atoms with E-state index < -0.39 is 5.97 Å². The molecule has 4 heteroatoms. The van der Waals surface area contributed by atoms with E-state index in [1.807, 2.05) is 6.07 Å². The van der Waals surface area contributed by atoms with Gasteiger partial charge in [0.15, 0.2) is 5.78 Å². The summed E-state index contributed by atoms with van der Waals surface area (Å²) in [6.07, 6.45) is 5.91. The molecule has 1 heterocycles. The predicted octanol–water partition coefficient (Wildman–Crippen LogP) is 3.51. The molecule has 0 radical (unpaired) electrons. The molecule has 1 aromatic rings. The highest BCUT2D eigenvalue weighted by molar-refractivity contribution is 5.94. The fourth-order valence-electron chi connectivity index (χ4n) is 2.71. The van der Waals surface area contributed by atoms with Crippen LogP contribution < -0.4 is 0 Å². The van der Waals surface area contributed by atoms with E-state index in [1.54, 1.807) is 13.0 Å². The Hall–Kier alpha value is -1.71. The molecular formula is C16H21NO3. The van der Waals surface area contributed by atoms with Gasteiger partial charge in [0.1, 0.15) is 11.4 Å². The van der Waals surface area contributed by atoms with E-state index in [2.05, 4.69) is 4.98 Å². The first-order chi connectivity index (χ1) is 9.61. The largest absolute Gasteiger partial charge is 0.461 e. The monoisotopic (exact) mass is 275 g/mol. The number of hydrogen-bond donors (Lipinski definition) is 0. The third-order valence-electron chi connectivity index (χ3n) is 3.77. The van der Waals surface area contributed by atoms with Crippen LogP contribution in [0.15, 0.2) is 12.1 Å². The van der Waals surface area contributed by atoms with Crippen molar-refractivity contribution < 1.29 is 14.3 Å². The van der Waals surface area contributed by atoms with Crippen molar-refractivity contribution >= 4 is 11.8 Å². The number of ether oxygens (including phenoxy) is 1. The number of Topliss-reactive ketones (excluding diaryl/α,β-unsaturated/α-hetero) is 1. The summed E-state index contributed by atoms with van der Waals surface area (Å²) in [5.41, 5.74) is 1.66. The van der Waals surface area contributed by atoms with Crippen LogP contribution in [0, 0.1) is 0 Å². The van der Waals surface area contributed by atoms with Gasteiger partial charge in [-0.2, -0.15) is 0 Å². The van der Waals surface area contributed by atoms with Crippen LogP contribution in [0.1, 0.15) is 78.4 Å². The summed E-state index contributed by atoms with van der Waals surface area (Å²) in [7, 11) is 0. The Bertz CT molecular complexity index is 504. The molecule has 1 saturated carbocycles. The van der Waals surface area contributed by atoms with Crippen LogP contribution in [-0.4, -0.2) is 23.3 Å². The van der Waals surface area contributed by atoms with Gasteiger partial charge in [0.2, 0.25) is 0 Å². The Kier molecular flexibility index (Phi) is 4.88. The number of esters is 1. The van der Waals surface area contributed by atoms with Crippen LogP contribution in [0.3, 0.4) is 0 Å². The van der Waals surface area contributed by atoms with E-state index in [1.165, 1.54) is 26.2 Å². The van der Waals surface area contributed by atoms with Gasteiger partial charge in [-0.1, -0.05) is 19.3 Å². The standard InChI is InChI=1S/C16H21NO3/c1-3-20-16(19)15-10-13(9-14(17-15)11(2)18)12-7-5-4-6-8-12/h9-10,12H,3-8H2,1-2H3. The van der Waals surface area contributed by atoms with Gasteiger partial charge >= 0.3 is 5.97 Å². The average Bonchev–Trinajstić information content (AvgIpc) is 2.48. The molecule has 1 aliphatic rings. The molecule has 108 valence electrons. The molecule has 0 aliphatic heterocycles. The third kappa shape index (κ3) is 3.44. The van der Waals surface area contributed by atoms with E-state index in [9.17, 15) is 9.59 Å². The highest BCUT2D eigenvalue weighted by atomic mass is 16.5. The fourth-order valence-corrected chi connectivity index (χ4v) is 2.71. The van der Waals surface area contributed by atoms with Crippen LogP contribution in [0.4, 0.5) is 0 Å². The van der Waals surface area contributed by atoms with Crippen LogP contribution >= 0.6 is 0 Å². The number of carbonyl (C=O) groups excluding carboxylic acids is 2. The van der Waals surface area contributed by atoms with Crippen LogP contribution in [0.5, 0.6) is 0 Å². The molecule has 0 atom stereocenters. The first kappa shape index (κ1) is 14.7. The van der Waals surface area contributed by atoms with E-state index in [4.69, 9.17) is 4.74 Å². The van der Waals surface area contributed by atoms with Crippen molar-refractivity contribution in [2.45, 2.75) is 51.9 Å². The van der Waals surface area contributed by atoms with Crippen LogP contribution in [-0.2, 0) is 4.74 Å². The van der Waals surface area contributed by atoms with Crippen molar-refractivity contribution in [1.82, 2.24) is 4.98 Å². The Morgan fingerprint density at radius 2 is 1.85 bits per heavy atom. The maximum Gasteiger partial charge on any atom is 0.356 e. The average molecular weight is 275 g/mol. The maximum atomic E-state index is 11.9. The number of ketones is 1. The summed E-state index contributed by atoms with van der Waals surface area (Å²) in [6.45, 7) is 3.54. The number of nitrogens with zero attached hydrogens (tertiary/aromatic N) is 1. The number of pyridine rings is 1. The Balaban J connectivity index is 2.34. The summed E-state index contributed by atoms with van der Waals surface area (Å²) in [5, 5.41) is 0. The zero-order valence-electron chi connectivity index (χ0n) is 12.1. The minimum Gasteiger partial charge on any atom is -0.461 e. The second-order valence-electron chi connectivity index (χ2n) is 5.28. The van der Waals surface area contributed by atoms with Crippen LogP contribution in [0.25, 0.3) is 0 Å². The normalized spacial score (nSPS) is 15.9. The van der Waals surface area contributed by atoms with Crippen molar-refractivity contribution in [3.63, 3.8) is 0 Å². The highest BCUT2D eigenvalue weighted by Crippen LogP contribution is 2.33. The van der Waals surface area contributed by atoms with Gasteiger partial charge in [0.05, 0.1) is 6.61 Å². The quantitative estimate of drug-likeness (QED) is 0.623. The third-order valence-corrected chi connectivity index (χ3v) is 3.77. The fraction of sp³-hybridized carbons (Fsp3) is 0.562. The number of hydrogen-bond acceptors (Lipinski definition) is 4. The first-order valence-corrected chi connectivity index (χ1v) is 7.32. The van der Waals surface area contributed by atoms with Crippen molar-refractivity contribution in [3.8, 4) is 0 Å². The SMILES string of the molecule is CCOC(=O)c1cc(C2CCCCC2)cc(C(C)=O)n1. The van der Waals surface area contributed by atoms with Crippen molar-refractivity contribution in [1.29, 1.82) is 0 Å². The molecule has 0 spiro atoms. The molecule has 0 N–H and O–H groups in total. The van der Waals surface area contributed by atoms with E-state index in [-0.39, 0.29) is 11.5 Å². The molecule has 0 aromatic carbocycles. The lowest BCUT2D eigenvalue weighted by atomic mass is 9.84. The van der Waals surface area contributed by atoms with Gasteiger partial charge in [-0.15, -0.1) is 0 Å². The smallest absolute Gasteiger partial charge is 0.356 e. The topological polar surface area (TPSA) is 56.3 Å². The maximum absolute atomic E-state index is 11.9. The predicted molar refractivity (Wildman–Crippen MR) is 76.0 cm³/mol. The molecule has 20 heavy (non-hydrogen) atoms. The molecule has 1 aliphatic carbocycles. The number of rotatable bonds is 4. The summed E-state index contributed by atoms with van der Waals surface area (Å²) >= 11 is 0.